The zero-order chi connectivity index (χ0) is 12.2. The van der Waals surface area contributed by atoms with Crippen LogP contribution in [0.5, 0.6) is 0 Å². The largest absolute Gasteiger partial charge is 0.330 e. The second-order valence-corrected chi connectivity index (χ2v) is 4.55. The fourth-order valence-electron chi connectivity index (χ4n) is 1.51. The number of Topliss-reactive ketones (excluding diaryl/α,β-unsaturated/α-hetero) is 1. The lowest BCUT2D eigenvalue weighted by atomic mass is 9.82. The first-order chi connectivity index (χ1) is 7.45. The summed E-state index contributed by atoms with van der Waals surface area (Å²) in [5, 5.41) is 0. The van der Waals surface area contributed by atoms with Gasteiger partial charge in [0.15, 0.2) is 5.78 Å². The van der Waals surface area contributed by atoms with Crippen LogP contribution in [0.2, 0.25) is 0 Å². The first-order valence-corrected chi connectivity index (χ1v) is 5.15. The molecular formula is C11H17N3O2. The van der Waals surface area contributed by atoms with Gasteiger partial charge < -0.3 is 15.1 Å². The van der Waals surface area contributed by atoms with E-state index in [4.69, 9.17) is 5.73 Å². The van der Waals surface area contributed by atoms with E-state index in [2.05, 4.69) is 4.98 Å². The summed E-state index contributed by atoms with van der Waals surface area (Å²) in [4.78, 5) is 26.3. The van der Waals surface area contributed by atoms with E-state index in [1.807, 2.05) is 0 Å². The Morgan fingerprint density at radius 1 is 1.62 bits per heavy atom. The standard InChI is InChI=1S/C11H17N3O2/c1-11(2,5-9(12)7-15)10(16)6-14-4-3-13-8-14/h3-4,7-9H,5-6,12H2,1-2H3/t9-/m0/s1. The van der Waals surface area contributed by atoms with Crippen molar-refractivity contribution >= 4 is 12.1 Å². The van der Waals surface area contributed by atoms with Crippen molar-refractivity contribution in [3.05, 3.63) is 18.7 Å². The van der Waals surface area contributed by atoms with Gasteiger partial charge in [-0.15, -0.1) is 0 Å². The van der Waals surface area contributed by atoms with Gasteiger partial charge in [-0.25, -0.2) is 4.98 Å². The Morgan fingerprint density at radius 3 is 2.81 bits per heavy atom. The van der Waals surface area contributed by atoms with Crippen LogP contribution in [0.4, 0.5) is 0 Å². The number of hydrogen-bond acceptors (Lipinski definition) is 4. The normalized spacial score (nSPS) is 13.4. The van der Waals surface area contributed by atoms with Gasteiger partial charge in [0, 0.05) is 17.8 Å². The quantitative estimate of drug-likeness (QED) is 0.708. The molecule has 16 heavy (non-hydrogen) atoms. The number of ketones is 1. The Bertz CT molecular complexity index is 357. The van der Waals surface area contributed by atoms with Gasteiger partial charge in [0.05, 0.1) is 18.9 Å². The Kier molecular flexibility index (Phi) is 3.95. The fourth-order valence-corrected chi connectivity index (χ4v) is 1.51. The Hall–Kier alpha value is -1.49. The van der Waals surface area contributed by atoms with Crippen molar-refractivity contribution in [2.75, 3.05) is 0 Å². The number of carbonyl (C=O) groups is 2. The van der Waals surface area contributed by atoms with Crippen LogP contribution in [-0.4, -0.2) is 27.7 Å². The molecule has 0 unspecified atom stereocenters. The number of nitrogens with two attached hydrogens (primary N) is 1. The zero-order valence-corrected chi connectivity index (χ0v) is 9.59. The van der Waals surface area contributed by atoms with Crippen LogP contribution >= 0.6 is 0 Å². The van der Waals surface area contributed by atoms with Crippen molar-refractivity contribution in [2.24, 2.45) is 11.1 Å². The SMILES string of the molecule is CC(C)(C[C@H](N)C=O)C(=O)Cn1ccnc1. The molecule has 1 atom stereocenters. The fraction of sp³-hybridized carbons (Fsp3) is 0.545. The lowest BCUT2D eigenvalue weighted by Gasteiger charge is -2.24. The Labute approximate surface area is 94.7 Å². The summed E-state index contributed by atoms with van der Waals surface area (Å²) < 4.78 is 1.70. The molecule has 0 aliphatic rings. The molecule has 0 spiro atoms. The topological polar surface area (TPSA) is 78.0 Å². The summed E-state index contributed by atoms with van der Waals surface area (Å²) >= 11 is 0. The lowest BCUT2D eigenvalue weighted by Crippen LogP contribution is -2.35. The molecular weight excluding hydrogens is 206 g/mol. The van der Waals surface area contributed by atoms with Crippen LogP contribution in [0.3, 0.4) is 0 Å². The molecule has 0 fully saturated rings. The second kappa shape index (κ2) is 5.03. The average Bonchev–Trinajstić information content (AvgIpc) is 2.69. The zero-order valence-electron chi connectivity index (χ0n) is 9.59. The van der Waals surface area contributed by atoms with E-state index in [9.17, 15) is 9.59 Å². The highest BCUT2D eigenvalue weighted by molar-refractivity contribution is 5.84. The lowest BCUT2D eigenvalue weighted by molar-refractivity contribution is -0.128. The number of carbonyl (C=O) groups excluding carboxylic acids is 2. The molecule has 0 bridgehead atoms. The van der Waals surface area contributed by atoms with E-state index in [1.165, 1.54) is 0 Å². The van der Waals surface area contributed by atoms with Gasteiger partial charge in [-0.1, -0.05) is 13.8 Å². The summed E-state index contributed by atoms with van der Waals surface area (Å²) in [6.45, 7) is 3.86. The third kappa shape index (κ3) is 3.27. The molecule has 0 amide bonds. The number of nitrogens with zero attached hydrogens (tertiary/aromatic N) is 2. The van der Waals surface area contributed by atoms with E-state index in [0.717, 1.165) is 0 Å². The third-order valence-electron chi connectivity index (χ3n) is 2.56. The molecule has 0 saturated heterocycles. The van der Waals surface area contributed by atoms with Crippen molar-refractivity contribution in [2.45, 2.75) is 32.9 Å². The van der Waals surface area contributed by atoms with E-state index < -0.39 is 11.5 Å². The molecule has 1 aromatic heterocycles. The van der Waals surface area contributed by atoms with Crippen molar-refractivity contribution in [1.82, 2.24) is 9.55 Å². The van der Waals surface area contributed by atoms with Crippen molar-refractivity contribution in [3.63, 3.8) is 0 Å². The molecule has 0 saturated carbocycles. The average molecular weight is 223 g/mol. The van der Waals surface area contributed by atoms with E-state index >= 15 is 0 Å². The van der Waals surface area contributed by atoms with Gasteiger partial charge in [0.1, 0.15) is 6.29 Å². The Balaban J connectivity index is 2.61. The van der Waals surface area contributed by atoms with Crippen molar-refractivity contribution in [1.29, 1.82) is 0 Å². The van der Waals surface area contributed by atoms with Gasteiger partial charge in [0.25, 0.3) is 0 Å². The summed E-state index contributed by atoms with van der Waals surface area (Å²) in [7, 11) is 0. The van der Waals surface area contributed by atoms with Gasteiger partial charge in [-0.05, 0) is 6.42 Å². The highest BCUT2D eigenvalue weighted by Crippen LogP contribution is 2.23. The first kappa shape index (κ1) is 12.6. The molecule has 1 rings (SSSR count). The maximum absolute atomic E-state index is 12.0. The minimum Gasteiger partial charge on any atom is -0.330 e. The van der Waals surface area contributed by atoms with E-state index in [-0.39, 0.29) is 12.3 Å². The maximum atomic E-state index is 12.0. The number of aromatic nitrogens is 2. The molecule has 1 aromatic rings. The summed E-state index contributed by atoms with van der Waals surface area (Å²) in [5.74, 6) is 0.0443. The monoisotopic (exact) mass is 223 g/mol. The molecule has 88 valence electrons. The molecule has 0 aliphatic carbocycles. The van der Waals surface area contributed by atoms with Crippen LogP contribution in [-0.2, 0) is 16.1 Å². The molecule has 1 heterocycles. The molecule has 0 aliphatic heterocycles. The van der Waals surface area contributed by atoms with E-state index in [0.29, 0.717) is 12.7 Å². The van der Waals surface area contributed by atoms with Crippen LogP contribution in [0, 0.1) is 5.41 Å². The number of rotatable bonds is 6. The van der Waals surface area contributed by atoms with Gasteiger partial charge in [-0.3, -0.25) is 4.79 Å². The second-order valence-electron chi connectivity index (χ2n) is 4.55. The summed E-state index contributed by atoms with van der Waals surface area (Å²) in [6, 6.07) is -0.582. The smallest absolute Gasteiger partial charge is 0.158 e. The van der Waals surface area contributed by atoms with Crippen LogP contribution in [0.15, 0.2) is 18.7 Å². The summed E-state index contributed by atoms with van der Waals surface area (Å²) in [5.41, 5.74) is 4.94. The third-order valence-corrected chi connectivity index (χ3v) is 2.56. The number of aldehydes is 1. The van der Waals surface area contributed by atoms with Crippen molar-refractivity contribution in [3.8, 4) is 0 Å². The predicted molar refractivity (Wildman–Crippen MR) is 59.7 cm³/mol. The highest BCUT2D eigenvalue weighted by Gasteiger charge is 2.29. The number of hydrogen-bond donors (Lipinski definition) is 1. The van der Waals surface area contributed by atoms with Crippen LogP contribution in [0.1, 0.15) is 20.3 Å². The molecule has 5 heteroatoms. The first-order valence-electron chi connectivity index (χ1n) is 5.15. The van der Waals surface area contributed by atoms with Crippen LogP contribution in [0.25, 0.3) is 0 Å². The van der Waals surface area contributed by atoms with Crippen molar-refractivity contribution < 1.29 is 9.59 Å². The summed E-state index contributed by atoms with van der Waals surface area (Å²) in [6.07, 6.45) is 5.98. The number of imidazole rings is 1. The van der Waals surface area contributed by atoms with Gasteiger partial charge >= 0.3 is 0 Å². The van der Waals surface area contributed by atoms with Crippen LogP contribution < -0.4 is 5.73 Å². The highest BCUT2D eigenvalue weighted by atomic mass is 16.1. The predicted octanol–water partition coefficient (Wildman–Crippen LogP) is 0.395. The Morgan fingerprint density at radius 2 is 2.31 bits per heavy atom. The molecule has 5 nitrogen and oxygen atoms in total. The minimum absolute atomic E-state index is 0.0443. The maximum Gasteiger partial charge on any atom is 0.158 e. The molecule has 2 N–H and O–H groups in total. The molecule has 0 radical (unpaired) electrons. The molecule has 0 aromatic carbocycles. The minimum atomic E-state index is -0.593. The van der Waals surface area contributed by atoms with Gasteiger partial charge in [-0.2, -0.15) is 0 Å². The van der Waals surface area contributed by atoms with E-state index in [1.54, 1.807) is 37.1 Å². The van der Waals surface area contributed by atoms with Gasteiger partial charge in [0.2, 0.25) is 0 Å².